The fraction of sp³-hybridized carbons (Fsp3) is 0.312. The Morgan fingerprint density at radius 2 is 1.67 bits per heavy atom. The fourth-order valence-corrected chi connectivity index (χ4v) is 5.06. The molecule has 0 fully saturated rings. The molecule has 1 heterocycles. The van der Waals surface area contributed by atoms with Crippen molar-refractivity contribution >= 4 is 40.9 Å². The zero-order chi connectivity index (χ0) is 30.2. The third kappa shape index (κ3) is 7.45. The van der Waals surface area contributed by atoms with Crippen LogP contribution in [0.1, 0.15) is 35.6 Å². The van der Waals surface area contributed by atoms with E-state index >= 15 is 0 Å². The van der Waals surface area contributed by atoms with E-state index in [0.717, 1.165) is 40.8 Å². The number of esters is 1. The van der Waals surface area contributed by atoms with Crippen LogP contribution in [-0.4, -0.2) is 50.6 Å². The number of nitrogens with zero attached hydrogens (tertiary/aromatic N) is 1. The molecule has 0 aromatic heterocycles. The van der Waals surface area contributed by atoms with Gasteiger partial charge in [0.15, 0.2) is 0 Å². The van der Waals surface area contributed by atoms with Crippen molar-refractivity contribution in [1.82, 2.24) is 5.32 Å². The second-order valence-electron chi connectivity index (χ2n) is 10.2. The number of aryl methyl sites for hydroxylation is 2. The molecule has 0 radical (unpaired) electrons. The van der Waals surface area contributed by atoms with Gasteiger partial charge in [0.1, 0.15) is 11.8 Å². The highest BCUT2D eigenvalue weighted by Crippen LogP contribution is 2.31. The SMILES string of the molecule is COC(=O)[C@H](Cc1ccc2c(c1)CCCN2C(=O)Cc1ccc(NC(=O)Nc2ccccc2C)c(OC)c1)NC(C)=O. The Balaban J connectivity index is 1.44. The summed E-state index contributed by atoms with van der Waals surface area (Å²) in [6.45, 7) is 3.86. The predicted molar refractivity (Wildman–Crippen MR) is 161 cm³/mol. The molecule has 0 aliphatic carbocycles. The smallest absolute Gasteiger partial charge is 0.328 e. The Bertz CT molecular complexity index is 1490. The number of methoxy groups -OCH3 is 2. The maximum atomic E-state index is 13.4. The van der Waals surface area contributed by atoms with Crippen molar-refractivity contribution in [2.24, 2.45) is 0 Å². The van der Waals surface area contributed by atoms with Crippen LogP contribution in [0.4, 0.5) is 21.9 Å². The summed E-state index contributed by atoms with van der Waals surface area (Å²) in [4.78, 5) is 51.5. The number of hydrogen-bond donors (Lipinski definition) is 3. The van der Waals surface area contributed by atoms with E-state index in [2.05, 4.69) is 16.0 Å². The number of ether oxygens (including phenoxy) is 2. The molecule has 10 heteroatoms. The average molecular weight is 573 g/mol. The number of nitrogens with one attached hydrogen (secondary N) is 3. The summed E-state index contributed by atoms with van der Waals surface area (Å²) in [5.41, 5.74) is 5.60. The first-order valence-electron chi connectivity index (χ1n) is 13.8. The molecule has 0 bridgehead atoms. The highest BCUT2D eigenvalue weighted by Gasteiger charge is 2.25. The van der Waals surface area contributed by atoms with E-state index in [9.17, 15) is 19.2 Å². The van der Waals surface area contributed by atoms with Gasteiger partial charge in [0.05, 0.1) is 26.3 Å². The van der Waals surface area contributed by atoms with E-state index in [0.29, 0.717) is 23.7 Å². The monoisotopic (exact) mass is 572 g/mol. The first kappa shape index (κ1) is 30.1. The third-order valence-corrected chi connectivity index (χ3v) is 7.13. The van der Waals surface area contributed by atoms with Crippen LogP contribution in [0, 0.1) is 6.92 Å². The molecule has 4 rings (SSSR count). The number of rotatable bonds is 9. The van der Waals surface area contributed by atoms with Crippen molar-refractivity contribution in [2.45, 2.75) is 45.6 Å². The van der Waals surface area contributed by atoms with E-state index in [1.807, 2.05) is 49.4 Å². The molecule has 3 aromatic rings. The Kier molecular flexibility index (Phi) is 9.80. The van der Waals surface area contributed by atoms with Gasteiger partial charge in [0, 0.05) is 31.3 Å². The Morgan fingerprint density at radius 1 is 0.929 bits per heavy atom. The van der Waals surface area contributed by atoms with Crippen molar-refractivity contribution in [2.75, 3.05) is 36.3 Å². The molecule has 3 N–H and O–H groups in total. The van der Waals surface area contributed by atoms with E-state index < -0.39 is 18.0 Å². The van der Waals surface area contributed by atoms with Crippen LogP contribution in [0.2, 0.25) is 0 Å². The van der Waals surface area contributed by atoms with Crippen LogP contribution in [0.15, 0.2) is 60.7 Å². The molecule has 1 atom stereocenters. The summed E-state index contributed by atoms with van der Waals surface area (Å²) in [5, 5.41) is 8.28. The summed E-state index contributed by atoms with van der Waals surface area (Å²) in [7, 11) is 2.80. The molecule has 1 aliphatic heterocycles. The fourth-order valence-electron chi connectivity index (χ4n) is 5.06. The number of para-hydroxylation sites is 1. The zero-order valence-corrected chi connectivity index (χ0v) is 24.3. The van der Waals surface area contributed by atoms with Crippen LogP contribution in [0.3, 0.4) is 0 Å². The first-order chi connectivity index (χ1) is 20.2. The second-order valence-corrected chi connectivity index (χ2v) is 10.2. The van der Waals surface area contributed by atoms with Crippen molar-refractivity contribution < 1.29 is 28.7 Å². The van der Waals surface area contributed by atoms with Crippen molar-refractivity contribution in [3.8, 4) is 5.75 Å². The molecule has 3 aromatic carbocycles. The maximum absolute atomic E-state index is 13.4. The van der Waals surface area contributed by atoms with E-state index in [-0.39, 0.29) is 24.7 Å². The van der Waals surface area contributed by atoms with Gasteiger partial charge in [-0.05, 0) is 66.3 Å². The van der Waals surface area contributed by atoms with Gasteiger partial charge in [-0.2, -0.15) is 0 Å². The van der Waals surface area contributed by atoms with Gasteiger partial charge in [0.2, 0.25) is 11.8 Å². The van der Waals surface area contributed by atoms with Gasteiger partial charge in [-0.15, -0.1) is 0 Å². The van der Waals surface area contributed by atoms with Crippen molar-refractivity contribution in [1.29, 1.82) is 0 Å². The van der Waals surface area contributed by atoms with E-state index in [1.165, 1.54) is 21.1 Å². The Hall–Kier alpha value is -4.86. The molecule has 10 nitrogen and oxygen atoms in total. The first-order valence-corrected chi connectivity index (χ1v) is 13.8. The summed E-state index contributed by atoms with van der Waals surface area (Å²) >= 11 is 0. The molecule has 220 valence electrons. The van der Waals surface area contributed by atoms with Gasteiger partial charge >= 0.3 is 12.0 Å². The highest BCUT2D eigenvalue weighted by atomic mass is 16.5. The van der Waals surface area contributed by atoms with E-state index in [4.69, 9.17) is 9.47 Å². The highest BCUT2D eigenvalue weighted by molar-refractivity contribution is 6.01. The minimum Gasteiger partial charge on any atom is -0.495 e. The van der Waals surface area contributed by atoms with Gasteiger partial charge < -0.3 is 30.3 Å². The Morgan fingerprint density at radius 3 is 2.38 bits per heavy atom. The lowest BCUT2D eigenvalue weighted by atomic mass is 9.96. The van der Waals surface area contributed by atoms with Crippen LogP contribution in [0.25, 0.3) is 0 Å². The minimum atomic E-state index is -0.784. The standard InChI is InChI=1S/C32H36N4O6/c1-20-8-5-6-10-25(20)34-32(40)35-26-13-11-23(18-29(26)41-3)19-30(38)36-15-7-9-24-16-22(12-14-28(24)36)17-27(31(39)42-4)33-21(2)37/h5-6,8,10-14,16,18,27H,7,9,15,17,19H2,1-4H3,(H,33,37)(H2,34,35,40)/t27-/m0/s1. The largest absolute Gasteiger partial charge is 0.495 e. The van der Waals surface area contributed by atoms with Crippen molar-refractivity contribution in [3.05, 3.63) is 82.9 Å². The van der Waals surface area contributed by atoms with Gasteiger partial charge in [-0.3, -0.25) is 9.59 Å². The number of urea groups is 1. The van der Waals surface area contributed by atoms with Crippen LogP contribution in [0.5, 0.6) is 5.75 Å². The third-order valence-electron chi connectivity index (χ3n) is 7.13. The number of fused-ring (bicyclic) bond motifs is 1. The van der Waals surface area contributed by atoms with E-state index in [1.54, 1.807) is 23.1 Å². The number of carbonyl (C=O) groups excluding carboxylic acids is 4. The molecular formula is C32H36N4O6. The number of benzene rings is 3. The lowest BCUT2D eigenvalue weighted by Crippen LogP contribution is -2.42. The minimum absolute atomic E-state index is 0.0607. The molecule has 1 aliphatic rings. The number of anilines is 3. The molecule has 0 saturated carbocycles. The van der Waals surface area contributed by atoms with Crippen LogP contribution in [-0.2, 0) is 38.4 Å². The summed E-state index contributed by atoms with van der Waals surface area (Å²) < 4.78 is 10.3. The van der Waals surface area contributed by atoms with Gasteiger partial charge in [-0.1, -0.05) is 36.4 Å². The molecular weight excluding hydrogens is 536 g/mol. The second kappa shape index (κ2) is 13.7. The molecule has 42 heavy (non-hydrogen) atoms. The number of amides is 4. The maximum Gasteiger partial charge on any atom is 0.328 e. The quantitative estimate of drug-likeness (QED) is 0.327. The topological polar surface area (TPSA) is 126 Å². The van der Waals surface area contributed by atoms with Crippen LogP contribution >= 0.6 is 0 Å². The molecule has 0 saturated heterocycles. The summed E-state index contributed by atoms with van der Waals surface area (Å²) in [5.74, 6) is -0.438. The predicted octanol–water partition coefficient (Wildman–Crippen LogP) is 4.39. The average Bonchev–Trinajstić information content (AvgIpc) is 2.97. The van der Waals surface area contributed by atoms with Crippen molar-refractivity contribution in [3.63, 3.8) is 0 Å². The molecule has 0 unspecified atom stereocenters. The normalized spacial score (nSPS) is 12.9. The lowest BCUT2D eigenvalue weighted by molar-refractivity contribution is -0.144. The molecule has 0 spiro atoms. The number of hydrogen-bond acceptors (Lipinski definition) is 6. The van der Waals surface area contributed by atoms with Gasteiger partial charge in [-0.25, -0.2) is 9.59 Å². The molecule has 4 amide bonds. The summed E-state index contributed by atoms with van der Waals surface area (Å²) in [6.07, 6.45) is 2.04. The zero-order valence-electron chi connectivity index (χ0n) is 24.3. The van der Waals surface area contributed by atoms with Crippen LogP contribution < -0.4 is 25.6 Å². The van der Waals surface area contributed by atoms with Gasteiger partial charge in [0.25, 0.3) is 0 Å². The summed E-state index contributed by atoms with van der Waals surface area (Å²) in [6, 6.07) is 17.3. The lowest BCUT2D eigenvalue weighted by Gasteiger charge is -2.30. The Labute approximate surface area is 245 Å². The number of carbonyl (C=O) groups is 4.